The van der Waals surface area contributed by atoms with E-state index >= 15 is 0 Å². The number of carbonyl (C=O) groups excluding carboxylic acids is 1. The molecular weight excluding hydrogens is 200 g/mol. The van der Waals surface area contributed by atoms with E-state index in [2.05, 4.69) is 37.4 Å². The highest BCUT2D eigenvalue weighted by Crippen LogP contribution is 2.33. The first kappa shape index (κ1) is 11.4. The smallest absolute Gasteiger partial charge is 0.243 e. The number of allylic oxidation sites excluding steroid dienone is 2. The van der Waals surface area contributed by atoms with Crippen LogP contribution in [-0.2, 0) is 4.79 Å². The third-order valence-electron chi connectivity index (χ3n) is 3.09. The van der Waals surface area contributed by atoms with Crippen LogP contribution in [0, 0.1) is 11.3 Å². The zero-order chi connectivity index (χ0) is 11.8. The van der Waals surface area contributed by atoms with Gasteiger partial charge in [0.1, 0.15) is 0 Å². The fourth-order valence-corrected chi connectivity index (χ4v) is 2.33. The van der Waals surface area contributed by atoms with Crippen LogP contribution in [0.5, 0.6) is 0 Å². The molecule has 2 aliphatic carbocycles. The Morgan fingerprint density at radius 3 is 2.69 bits per heavy atom. The van der Waals surface area contributed by atoms with Crippen LogP contribution in [0.25, 0.3) is 0 Å². The Balaban J connectivity index is 1.99. The molecule has 0 bridgehead atoms. The van der Waals surface area contributed by atoms with Crippen LogP contribution in [0.3, 0.4) is 0 Å². The number of nitrogens with one attached hydrogen (secondary N) is 1. The molecule has 1 N–H and O–H groups in total. The summed E-state index contributed by atoms with van der Waals surface area (Å²) in [6, 6.07) is 0. The van der Waals surface area contributed by atoms with Gasteiger partial charge < -0.3 is 0 Å². The summed E-state index contributed by atoms with van der Waals surface area (Å²) < 4.78 is 0. The Bertz CT molecular complexity index is 362. The van der Waals surface area contributed by atoms with Gasteiger partial charge in [-0.25, -0.2) is 5.43 Å². The molecule has 16 heavy (non-hydrogen) atoms. The minimum Gasteiger partial charge on any atom is -0.273 e. The fourth-order valence-electron chi connectivity index (χ4n) is 2.33. The number of nitrogens with zero attached hydrogens (tertiary/aromatic N) is 1. The summed E-state index contributed by atoms with van der Waals surface area (Å²) in [6.07, 6.45) is 6.20. The Hall–Kier alpha value is -1.12. The van der Waals surface area contributed by atoms with Crippen LogP contribution < -0.4 is 5.43 Å². The van der Waals surface area contributed by atoms with Crippen LogP contribution in [0.2, 0.25) is 0 Å². The summed E-state index contributed by atoms with van der Waals surface area (Å²) in [5.74, 6) is 0.313. The lowest BCUT2D eigenvalue weighted by atomic mass is 9.77. The third-order valence-corrected chi connectivity index (χ3v) is 3.09. The number of amides is 1. The molecule has 0 spiro atoms. The predicted octanol–water partition coefficient (Wildman–Crippen LogP) is 2.63. The summed E-state index contributed by atoms with van der Waals surface area (Å²) in [6.45, 7) is 6.60. The first-order valence-electron chi connectivity index (χ1n) is 6.00. The van der Waals surface area contributed by atoms with Crippen molar-refractivity contribution >= 4 is 11.6 Å². The van der Waals surface area contributed by atoms with Crippen molar-refractivity contribution in [1.29, 1.82) is 0 Å². The predicted molar refractivity (Wildman–Crippen MR) is 65.1 cm³/mol. The highest BCUT2D eigenvalue weighted by molar-refractivity contribution is 5.97. The lowest BCUT2D eigenvalue weighted by Gasteiger charge is -2.29. The standard InChI is InChI=1S/C13H20N2O/c1-9-6-11(8-13(2,3)7-9)14-15-12(16)10-4-5-10/h6,10H,4-5,7-8H2,1-3H3,(H,15,16)/b14-11+. The van der Waals surface area contributed by atoms with E-state index in [0.717, 1.165) is 31.4 Å². The number of hydrazone groups is 1. The van der Waals surface area contributed by atoms with Gasteiger partial charge in [0.15, 0.2) is 0 Å². The van der Waals surface area contributed by atoms with Gasteiger partial charge in [-0.2, -0.15) is 5.10 Å². The Morgan fingerprint density at radius 1 is 1.44 bits per heavy atom. The summed E-state index contributed by atoms with van der Waals surface area (Å²) >= 11 is 0. The van der Waals surface area contributed by atoms with Gasteiger partial charge in [0.25, 0.3) is 0 Å². The van der Waals surface area contributed by atoms with Crippen molar-refractivity contribution in [2.45, 2.75) is 46.5 Å². The van der Waals surface area contributed by atoms with E-state index in [1.165, 1.54) is 5.57 Å². The largest absolute Gasteiger partial charge is 0.273 e. The van der Waals surface area contributed by atoms with E-state index in [9.17, 15) is 4.79 Å². The molecule has 0 unspecified atom stereocenters. The van der Waals surface area contributed by atoms with E-state index in [1.807, 2.05) is 0 Å². The minimum absolute atomic E-state index is 0.0851. The molecule has 2 rings (SSSR count). The van der Waals surface area contributed by atoms with Crippen molar-refractivity contribution < 1.29 is 4.79 Å². The molecule has 2 aliphatic rings. The molecule has 0 aromatic rings. The highest BCUT2D eigenvalue weighted by atomic mass is 16.2. The Morgan fingerprint density at radius 2 is 2.12 bits per heavy atom. The van der Waals surface area contributed by atoms with E-state index < -0.39 is 0 Å². The summed E-state index contributed by atoms with van der Waals surface area (Å²) in [4.78, 5) is 11.5. The molecule has 0 heterocycles. The molecule has 1 saturated carbocycles. The van der Waals surface area contributed by atoms with Crippen molar-refractivity contribution in [2.75, 3.05) is 0 Å². The van der Waals surface area contributed by atoms with Crippen LogP contribution in [0.15, 0.2) is 16.8 Å². The van der Waals surface area contributed by atoms with Gasteiger partial charge in [0, 0.05) is 5.92 Å². The maximum Gasteiger partial charge on any atom is 0.243 e. The molecule has 3 nitrogen and oxygen atoms in total. The molecule has 1 amide bonds. The lowest BCUT2D eigenvalue weighted by molar-refractivity contribution is -0.122. The fraction of sp³-hybridized carbons (Fsp3) is 0.692. The van der Waals surface area contributed by atoms with Gasteiger partial charge >= 0.3 is 0 Å². The lowest BCUT2D eigenvalue weighted by Crippen LogP contribution is -2.25. The summed E-state index contributed by atoms with van der Waals surface area (Å²) in [7, 11) is 0. The van der Waals surface area contributed by atoms with Crippen LogP contribution >= 0.6 is 0 Å². The number of rotatable bonds is 2. The van der Waals surface area contributed by atoms with E-state index in [-0.39, 0.29) is 17.2 Å². The average Bonchev–Trinajstić information content (AvgIpc) is 2.93. The molecule has 1 fully saturated rings. The monoisotopic (exact) mass is 220 g/mol. The van der Waals surface area contributed by atoms with Gasteiger partial charge in [0.2, 0.25) is 5.91 Å². The zero-order valence-corrected chi connectivity index (χ0v) is 10.3. The zero-order valence-electron chi connectivity index (χ0n) is 10.3. The molecule has 0 aliphatic heterocycles. The average molecular weight is 220 g/mol. The van der Waals surface area contributed by atoms with Gasteiger partial charge in [-0.15, -0.1) is 0 Å². The second kappa shape index (κ2) is 4.04. The van der Waals surface area contributed by atoms with Gasteiger partial charge in [0.05, 0.1) is 5.71 Å². The van der Waals surface area contributed by atoms with Crippen LogP contribution in [-0.4, -0.2) is 11.6 Å². The number of hydrogen-bond donors (Lipinski definition) is 1. The molecule has 0 atom stereocenters. The first-order valence-corrected chi connectivity index (χ1v) is 6.00. The first-order chi connectivity index (χ1) is 7.46. The summed E-state index contributed by atoms with van der Waals surface area (Å²) in [5.41, 5.74) is 5.29. The van der Waals surface area contributed by atoms with E-state index in [0.29, 0.717) is 0 Å². The molecule has 0 aromatic heterocycles. The topological polar surface area (TPSA) is 41.5 Å². The molecular formula is C13H20N2O. The van der Waals surface area contributed by atoms with Crippen LogP contribution in [0.1, 0.15) is 46.5 Å². The van der Waals surface area contributed by atoms with Crippen molar-refractivity contribution in [3.05, 3.63) is 11.6 Å². The van der Waals surface area contributed by atoms with Gasteiger partial charge in [-0.1, -0.05) is 19.4 Å². The van der Waals surface area contributed by atoms with E-state index in [4.69, 9.17) is 0 Å². The highest BCUT2D eigenvalue weighted by Gasteiger charge is 2.30. The van der Waals surface area contributed by atoms with Crippen molar-refractivity contribution in [2.24, 2.45) is 16.4 Å². The van der Waals surface area contributed by atoms with Crippen LogP contribution in [0.4, 0.5) is 0 Å². The Kier molecular flexibility index (Phi) is 2.87. The minimum atomic E-state index is 0.0851. The van der Waals surface area contributed by atoms with Gasteiger partial charge in [-0.05, 0) is 44.1 Å². The Labute approximate surface area is 97.0 Å². The molecule has 0 saturated heterocycles. The second-order valence-electron chi connectivity index (χ2n) is 5.86. The SMILES string of the molecule is CC1=C/C(=N\NC(=O)C2CC2)CC(C)(C)C1. The van der Waals surface area contributed by atoms with Crippen molar-refractivity contribution in [3.8, 4) is 0 Å². The quantitative estimate of drug-likeness (QED) is 0.714. The maximum atomic E-state index is 11.5. The van der Waals surface area contributed by atoms with Crippen molar-refractivity contribution in [1.82, 2.24) is 5.43 Å². The van der Waals surface area contributed by atoms with Crippen molar-refractivity contribution in [3.63, 3.8) is 0 Å². The van der Waals surface area contributed by atoms with Gasteiger partial charge in [-0.3, -0.25) is 4.79 Å². The summed E-state index contributed by atoms with van der Waals surface area (Å²) in [5, 5.41) is 4.23. The van der Waals surface area contributed by atoms with E-state index in [1.54, 1.807) is 0 Å². The second-order valence-corrected chi connectivity index (χ2v) is 5.86. The number of carbonyl (C=O) groups is 1. The maximum absolute atomic E-state index is 11.5. The normalized spacial score (nSPS) is 26.4. The third kappa shape index (κ3) is 2.94. The molecule has 0 radical (unpaired) electrons. The molecule has 88 valence electrons. The molecule has 0 aromatic carbocycles. The molecule has 3 heteroatoms. The number of hydrogen-bond acceptors (Lipinski definition) is 2.